The quantitative estimate of drug-likeness (QED) is 0.776. The molecule has 0 radical (unpaired) electrons. The van der Waals surface area contributed by atoms with Crippen LogP contribution in [0.15, 0.2) is 0 Å². The molecular weight excluding hydrogens is 302 g/mol. The zero-order valence-electron chi connectivity index (χ0n) is 16.1. The Bertz CT molecular complexity index is 438. The summed E-state index contributed by atoms with van der Waals surface area (Å²) in [6, 6.07) is 1.34. The van der Waals surface area contributed by atoms with Crippen LogP contribution in [0.5, 0.6) is 0 Å². The molecule has 1 amide bonds. The number of rotatable bonds is 2. The van der Waals surface area contributed by atoms with Crippen LogP contribution in [0.4, 0.5) is 4.79 Å². The van der Waals surface area contributed by atoms with Crippen molar-refractivity contribution in [2.75, 3.05) is 39.3 Å². The number of carbonyl (C=O) groups excluding carboxylic acids is 1. The van der Waals surface area contributed by atoms with Crippen LogP contribution in [-0.2, 0) is 4.74 Å². The van der Waals surface area contributed by atoms with Gasteiger partial charge in [0.2, 0.25) is 0 Å². The molecule has 0 aromatic carbocycles. The summed E-state index contributed by atoms with van der Waals surface area (Å²) in [5.74, 6) is 1.72. The van der Waals surface area contributed by atoms with E-state index < -0.39 is 5.60 Å². The number of amides is 1. The molecule has 0 aromatic rings. The fourth-order valence-corrected chi connectivity index (χ4v) is 4.53. The van der Waals surface area contributed by atoms with Gasteiger partial charge in [-0.25, -0.2) is 4.79 Å². The van der Waals surface area contributed by atoms with Crippen molar-refractivity contribution in [2.45, 2.75) is 65.1 Å². The Hall–Kier alpha value is -0.810. The first kappa shape index (κ1) is 18.0. The van der Waals surface area contributed by atoms with E-state index in [9.17, 15) is 4.79 Å². The van der Waals surface area contributed by atoms with Crippen LogP contribution in [-0.4, -0.2) is 77.7 Å². The molecule has 138 valence electrons. The summed E-state index contributed by atoms with van der Waals surface area (Å²) in [5.41, 5.74) is -0.400. The van der Waals surface area contributed by atoms with Crippen molar-refractivity contribution in [3.05, 3.63) is 0 Å². The second-order valence-corrected chi connectivity index (χ2v) is 9.22. The van der Waals surface area contributed by atoms with Gasteiger partial charge in [0.05, 0.1) is 0 Å². The molecule has 0 saturated carbocycles. The maximum atomic E-state index is 12.2. The van der Waals surface area contributed by atoms with Crippen LogP contribution in [0.2, 0.25) is 0 Å². The molecule has 0 aromatic heterocycles. The highest BCUT2D eigenvalue weighted by Gasteiger charge is 2.43. The van der Waals surface area contributed by atoms with E-state index in [0.717, 1.165) is 37.8 Å². The predicted molar refractivity (Wildman–Crippen MR) is 96.1 cm³/mol. The predicted octanol–water partition coefficient (Wildman–Crippen LogP) is 2.66. The molecule has 3 heterocycles. The fourth-order valence-electron chi connectivity index (χ4n) is 4.53. The van der Waals surface area contributed by atoms with Crippen molar-refractivity contribution in [1.82, 2.24) is 14.7 Å². The van der Waals surface area contributed by atoms with Gasteiger partial charge in [0.1, 0.15) is 5.60 Å². The van der Waals surface area contributed by atoms with Gasteiger partial charge in [-0.2, -0.15) is 0 Å². The standard InChI is InChI=1S/C19H35N3O2/c1-14(2)21-10-15-12-22(13-16(15)11-21)17-6-8-20(9-7-17)18(23)24-19(3,4)5/h14-17H,6-13H2,1-5H3. The molecule has 3 saturated heterocycles. The largest absolute Gasteiger partial charge is 0.444 e. The number of likely N-dealkylation sites (tertiary alicyclic amines) is 3. The molecule has 3 rings (SSSR count). The van der Waals surface area contributed by atoms with Crippen molar-refractivity contribution in [2.24, 2.45) is 11.8 Å². The number of hydrogen-bond acceptors (Lipinski definition) is 4. The van der Waals surface area contributed by atoms with E-state index in [1.54, 1.807) is 0 Å². The van der Waals surface area contributed by atoms with E-state index in [0.29, 0.717) is 12.1 Å². The van der Waals surface area contributed by atoms with Gasteiger partial charge in [0.15, 0.2) is 0 Å². The monoisotopic (exact) mass is 337 g/mol. The van der Waals surface area contributed by atoms with E-state index in [1.807, 2.05) is 25.7 Å². The van der Waals surface area contributed by atoms with Crippen LogP contribution >= 0.6 is 0 Å². The first-order chi connectivity index (χ1) is 11.2. The van der Waals surface area contributed by atoms with E-state index in [2.05, 4.69) is 23.6 Å². The summed E-state index contributed by atoms with van der Waals surface area (Å²) < 4.78 is 5.50. The Kier molecular flexibility index (Phi) is 5.12. The van der Waals surface area contributed by atoms with Crippen molar-refractivity contribution >= 4 is 6.09 Å². The van der Waals surface area contributed by atoms with E-state index >= 15 is 0 Å². The lowest BCUT2D eigenvalue weighted by molar-refractivity contribution is 0.0150. The zero-order chi connectivity index (χ0) is 17.5. The average Bonchev–Trinajstić information content (AvgIpc) is 3.04. The van der Waals surface area contributed by atoms with E-state index in [1.165, 1.54) is 26.2 Å². The van der Waals surface area contributed by atoms with Gasteiger partial charge in [-0.3, -0.25) is 4.90 Å². The summed E-state index contributed by atoms with van der Waals surface area (Å²) in [7, 11) is 0. The van der Waals surface area contributed by atoms with E-state index in [4.69, 9.17) is 4.74 Å². The molecule has 3 fully saturated rings. The third-order valence-corrected chi connectivity index (χ3v) is 5.91. The Balaban J connectivity index is 1.45. The number of piperidine rings is 1. The summed E-state index contributed by atoms with van der Waals surface area (Å²) in [4.78, 5) is 19.4. The molecule has 0 N–H and O–H groups in total. The molecule has 24 heavy (non-hydrogen) atoms. The smallest absolute Gasteiger partial charge is 0.410 e. The topological polar surface area (TPSA) is 36.0 Å². The highest BCUT2D eigenvalue weighted by Crippen LogP contribution is 2.34. The minimum Gasteiger partial charge on any atom is -0.444 e. The molecular formula is C19H35N3O2. The second-order valence-electron chi connectivity index (χ2n) is 9.22. The number of nitrogens with zero attached hydrogens (tertiary/aromatic N) is 3. The van der Waals surface area contributed by atoms with Crippen LogP contribution in [0.25, 0.3) is 0 Å². The highest BCUT2D eigenvalue weighted by molar-refractivity contribution is 5.68. The van der Waals surface area contributed by atoms with Crippen molar-refractivity contribution in [3.63, 3.8) is 0 Å². The summed E-state index contributed by atoms with van der Waals surface area (Å²) in [6.07, 6.45) is 2.03. The lowest BCUT2D eigenvalue weighted by Gasteiger charge is -2.38. The minimum atomic E-state index is -0.400. The molecule has 3 aliphatic heterocycles. The van der Waals surface area contributed by atoms with Gasteiger partial charge in [-0.1, -0.05) is 0 Å². The van der Waals surface area contributed by atoms with Gasteiger partial charge in [0.25, 0.3) is 0 Å². The van der Waals surface area contributed by atoms with Crippen molar-refractivity contribution < 1.29 is 9.53 Å². The molecule has 2 unspecified atom stereocenters. The van der Waals surface area contributed by atoms with Crippen LogP contribution in [0.3, 0.4) is 0 Å². The average molecular weight is 338 g/mol. The van der Waals surface area contributed by atoms with Crippen molar-refractivity contribution in [3.8, 4) is 0 Å². The molecule has 0 aliphatic carbocycles. The highest BCUT2D eigenvalue weighted by atomic mass is 16.6. The first-order valence-corrected chi connectivity index (χ1v) is 9.69. The van der Waals surface area contributed by atoms with Crippen LogP contribution in [0, 0.1) is 11.8 Å². The normalized spacial score (nSPS) is 30.2. The number of hydrogen-bond donors (Lipinski definition) is 0. The molecule has 0 spiro atoms. The SMILES string of the molecule is CC(C)N1CC2CN(C3CCN(C(=O)OC(C)(C)C)CC3)CC2C1. The van der Waals surface area contributed by atoms with Gasteiger partial charge >= 0.3 is 6.09 Å². The zero-order valence-corrected chi connectivity index (χ0v) is 16.1. The molecule has 5 heteroatoms. The Morgan fingerprint density at radius 3 is 2.00 bits per heavy atom. The third-order valence-electron chi connectivity index (χ3n) is 5.91. The Morgan fingerprint density at radius 2 is 1.54 bits per heavy atom. The lowest BCUT2D eigenvalue weighted by atomic mass is 10.0. The first-order valence-electron chi connectivity index (χ1n) is 9.69. The molecule has 2 atom stereocenters. The number of ether oxygens (including phenoxy) is 1. The van der Waals surface area contributed by atoms with Gasteiger partial charge < -0.3 is 14.5 Å². The van der Waals surface area contributed by atoms with Gasteiger partial charge in [0, 0.05) is 51.4 Å². The summed E-state index contributed by atoms with van der Waals surface area (Å²) in [5, 5.41) is 0. The Morgan fingerprint density at radius 1 is 1.00 bits per heavy atom. The maximum Gasteiger partial charge on any atom is 0.410 e. The summed E-state index contributed by atoms with van der Waals surface area (Å²) in [6.45, 7) is 17.1. The van der Waals surface area contributed by atoms with Crippen molar-refractivity contribution in [1.29, 1.82) is 0 Å². The maximum absolute atomic E-state index is 12.2. The second kappa shape index (κ2) is 6.83. The lowest BCUT2D eigenvalue weighted by Crippen LogP contribution is -2.48. The number of carbonyl (C=O) groups is 1. The molecule has 5 nitrogen and oxygen atoms in total. The van der Waals surface area contributed by atoms with Gasteiger partial charge in [-0.15, -0.1) is 0 Å². The fraction of sp³-hybridized carbons (Fsp3) is 0.947. The van der Waals surface area contributed by atoms with E-state index in [-0.39, 0.29) is 6.09 Å². The van der Waals surface area contributed by atoms with Gasteiger partial charge in [-0.05, 0) is 59.3 Å². The third kappa shape index (κ3) is 4.05. The summed E-state index contributed by atoms with van der Waals surface area (Å²) >= 11 is 0. The van der Waals surface area contributed by atoms with Crippen LogP contribution in [0.1, 0.15) is 47.5 Å². The Labute approximate surface area is 147 Å². The minimum absolute atomic E-state index is 0.146. The van der Waals surface area contributed by atoms with Crippen LogP contribution < -0.4 is 0 Å². The molecule has 0 bridgehead atoms. The molecule has 3 aliphatic rings. The number of fused-ring (bicyclic) bond motifs is 1.